The highest BCUT2D eigenvalue weighted by molar-refractivity contribution is 5.83. The van der Waals surface area contributed by atoms with Crippen molar-refractivity contribution in [1.82, 2.24) is 5.32 Å². The highest BCUT2D eigenvalue weighted by Gasteiger charge is 2.23. The summed E-state index contributed by atoms with van der Waals surface area (Å²) in [6, 6.07) is 3.57. The number of aliphatic hydroxyl groups is 1. The van der Waals surface area contributed by atoms with Gasteiger partial charge in [-0.1, -0.05) is 19.9 Å². The smallest absolute Gasteiger partial charge is 0.227 e. The standard InChI is InChI=1S/C17H25F2NO2/c1-11(2)9-13(7-8-21)10-20-17(22)12(3)16-14(18)5-4-6-15(16)19/h4-6,11-13,21H,7-10H2,1-3H3,(H,20,22). The first-order valence-corrected chi connectivity index (χ1v) is 7.69. The minimum atomic E-state index is -0.893. The summed E-state index contributed by atoms with van der Waals surface area (Å²) >= 11 is 0. The summed E-state index contributed by atoms with van der Waals surface area (Å²) in [5.41, 5.74) is -0.206. The summed E-state index contributed by atoms with van der Waals surface area (Å²) in [5, 5.41) is 11.8. The molecule has 0 aliphatic carbocycles. The van der Waals surface area contributed by atoms with Gasteiger partial charge in [-0.15, -0.1) is 0 Å². The lowest BCUT2D eigenvalue weighted by Gasteiger charge is -2.20. The lowest BCUT2D eigenvalue weighted by Crippen LogP contribution is -2.34. The molecule has 0 fully saturated rings. The second kappa shape index (κ2) is 8.83. The summed E-state index contributed by atoms with van der Waals surface area (Å²) in [6.45, 7) is 6.09. The van der Waals surface area contributed by atoms with E-state index in [-0.39, 0.29) is 18.1 Å². The molecule has 124 valence electrons. The summed E-state index contributed by atoms with van der Waals surface area (Å²) in [6.07, 6.45) is 1.48. The Kier molecular flexibility index (Phi) is 7.45. The van der Waals surface area contributed by atoms with Crippen LogP contribution in [-0.2, 0) is 4.79 Å². The van der Waals surface area contributed by atoms with E-state index in [1.807, 2.05) is 0 Å². The number of amides is 1. The van der Waals surface area contributed by atoms with Crippen molar-refractivity contribution < 1.29 is 18.7 Å². The van der Waals surface area contributed by atoms with Crippen LogP contribution in [0.4, 0.5) is 8.78 Å². The van der Waals surface area contributed by atoms with Crippen LogP contribution in [0.1, 0.15) is 45.1 Å². The molecule has 0 saturated carbocycles. The summed E-state index contributed by atoms with van der Waals surface area (Å²) in [4.78, 5) is 12.1. The predicted molar refractivity (Wildman–Crippen MR) is 82.4 cm³/mol. The zero-order chi connectivity index (χ0) is 16.7. The molecule has 22 heavy (non-hydrogen) atoms. The van der Waals surface area contributed by atoms with Crippen molar-refractivity contribution in [1.29, 1.82) is 0 Å². The Balaban J connectivity index is 2.67. The van der Waals surface area contributed by atoms with Gasteiger partial charge in [0.05, 0.1) is 5.92 Å². The zero-order valence-corrected chi connectivity index (χ0v) is 13.4. The fourth-order valence-corrected chi connectivity index (χ4v) is 2.61. The molecule has 1 amide bonds. The molecule has 0 spiro atoms. The molecule has 0 radical (unpaired) electrons. The molecule has 3 nitrogen and oxygen atoms in total. The van der Waals surface area contributed by atoms with Crippen molar-refractivity contribution in [3.8, 4) is 0 Å². The van der Waals surface area contributed by atoms with Gasteiger partial charge in [0.1, 0.15) is 11.6 Å². The summed E-state index contributed by atoms with van der Waals surface area (Å²) in [5.74, 6) is -2.11. The van der Waals surface area contributed by atoms with Crippen LogP contribution in [0.25, 0.3) is 0 Å². The Hall–Kier alpha value is -1.49. The maximum atomic E-state index is 13.7. The normalized spacial score (nSPS) is 14.0. The molecule has 0 aromatic heterocycles. The van der Waals surface area contributed by atoms with Gasteiger partial charge in [-0.25, -0.2) is 8.78 Å². The average molecular weight is 313 g/mol. The van der Waals surface area contributed by atoms with Crippen LogP contribution in [0.3, 0.4) is 0 Å². The first kappa shape index (κ1) is 18.6. The van der Waals surface area contributed by atoms with E-state index in [2.05, 4.69) is 19.2 Å². The molecule has 1 rings (SSSR count). The summed E-state index contributed by atoms with van der Waals surface area (Å²) in [7, 11) is 0. The third-order valence-electron chi connectivity index (χ3n) is 3.73. The van der Waals surface area contributed by atoms with Crippen LogP contribution in [0.5, 0.6) is 0 Å². The first-order valence-electron chi connectivity index (χ1n) is 7.69. The lowest BCUT2D eigenvalue weighted by molar-refractivity contribution is -0.122. The minimum Gasteiger partial charge on any atom is -0.396 e. The monoisotopic (exact) mass is 313 g/mol. The zero-order valence-electron chi connectivity index (χ0n) is 13.4. The molecule has 0 aliphatic heterocycles. The Labute approximate surface area is 130 Å². The predicted octanol–water partition coefficient (Wildman–Crippen LogP) is 3.23. The Morgan fingerprint density at radius 3 is 2.32 bits per heavy atom. The van der Waals surface area contributed by atoms with Crippen molar-refractivity contribution in [3.63, 3.8) is 0 Å². The Morgan fingerprint density at radius 2 is 1.82 bits per heavy atom. The third kappa shape index (κ3) is 5.37. The molecule has 0 heterocycles. The quantitative estimate of drug-likeness (QED) is 0.774. The van der Waals surface area contributed by atoms with Gasteiger partial charge >= 0.3 is 0 Å². The fraction of sp³-hybridized carbons (Fsp3) is 0.588. The topological polar surface area (TPSA) is 49.3 Å². The number of nitrogens with one attached hydrogen (secondary N) is 1. The molecule has 2 N–H and O–H groups in total. The minimum absolute atomic E-state index is 0.0603. The van der Waals surface area contributed by atoms with Crippen LogP contribution in [0.2, 0.25) is 0 Å². The van der Waals surface area contributed by atoms with E-state index in [9.17, 15) is 13.6 Å². The van der Waals surface area contributed by atoms with E-state index in [1.54, 1.807) is 0 Å². The summed E-state index contributed by atoms with van der Waals surface area (Å²) < 4.78 is 27.4. The van der Waals surface area contributed by atoms with Crippen LogP contribution in [0.15, 0.2) is 18.2 Å². The molecular formula is C17H25F2NO2. The molecular weight excluding hydrogens is 288 g/mol. The number of carbonyl (C=O) groups excluding carboxylic acids is 1. The third-order valence-corrected chi connectivity index (χ3v) is 3.73. The SMILES string of the molecule is CC(C)CC(CCO)CNC(=O)C(C)c1c(F)cccc1F. The maximum Gasteiger partial charge on any atom is 0.227 e. The van der Waals surface area contributed by atoms with Crippen molar-refractivity contribution in [2.24, 2.45) is 11.8 Å². The highest BCUT2D eigenvalue weighted by atomic mass is 19.1. The lowest BCUT2D eigenvalue weighted by atomic mass is 9.93. The van der Waals surface area contributed by atoms with Gasteiger partial charge in [0.2, 0.25) is 5.91 Å². The molecule has 0 bridgehead atoms. The largest absolute Gasteiger partial charge is 0.396 e. The number of halogens is 2. The van der Waals surface area contributed by atoms with E-state index in [0.29, 0.717) is 18.9 Å². The Bertz CT molecular complexity index is 471. The fourth-order valence-electron chi connectivity index (χ4n) is 2.61. The van der Waals surface area contributed by atoms with Gasteiger partial charge in [-0.05, 0) is 43.7 Å². The van der Waals surface area contributed by atoms with Crippen LogP contribution < -0.4 is 5.32 Å². The van der Waals surface area contributed by atoms with Crippen molar-refractivity contribution in [2.45, 2.75) is 39.5 Å². The molecule has 0 aliphatic rings. The number of benzene rings is 1. The van der Waals surface area contributed by atoms with Crippen molar-refractivity contribution in [3.05, 3.63) is 35.4 Å². The maximum absolute atomic E-state index is 13.7. The van der Waals surface area contributed by atoms with Gasteiger partial charge in [-0.2, -0.15) is 0 Å². The van der Waals surface area contributed by atoms with Gasteiger partial charge in [0.15, 0.2) is 0 Å². The van der Waals surface area contributed by atoms with E-state index in [4.69, 9.17) is 5.11 Å². The number of rotatable bonds is 8. The van der Waals surface area contributed by atoms with Crippen LogP contribution >= 0.6 is 0 Å². The van der Waals surface area contributed by atoms with Crippen molar-refractivity contribution >= 4 is 5.91 Å². The van der Waals surface area contributed by atoms with E-state index in [1.165, 1.54) is 13.0 Å². The molecule has 5 heteroatoms. The van der Waals surface area contributed by atoms with Crippen LogP contribution in [0, 0.1) is 23.5 Å². The number of aliphatic hydroxyl groups excluding tert-OH is 1. The number of carbonyl (C=O) groups is 1. The van der Waals surface area contributed by atoms with Gasteiger partial charge in [0, 0.05) is 18.7 Å². The van der Waals surface area contributed by atoms with Gasteiger partial charge < -0.3 is 10.4 Å². The molecule has 1 aromatic carbocycles. The molecule has 0 saturated heterocycles. The first-order chi connectivity index (χ1) is 10.4. The Morgan fingerprint density at radius 1 is 1.23 bits per heavy atom. The average Bonchev–Trinajstić information content (AvgIpc) is 2.43. The van der Waals surface area contributed by atoms with Crippen LogP contribution in [-0.4, -0.2) is 24.2 Å². The molecule has 2 atom stereocenters. The van der Waals surface area contributed by atoms with Gasteiger partial charge in [-0.3, -0.25) is 4.79 Å². The second-order valence-electron chi connectivity index (χ2n) is 6.11. The molecule has 1 aromatic rings. The highest BCUT2D eigenvalue weighted by Crippen LogP contribution is 2.23. The second-order valence-corrected chi connectivity index (χ2v) is 6.11. The van der Waals surface area contributed by atoms with E-state index in [0.717, 1.165) is 18.6 Å². The number of hydrogen-bond acceptors (Lipinski definition) is 2. The van der Waals surface area contributed by atoms with Gasteiger partial charge in [0.25, 0.3) is 0 Å². The van der Waals surface area contributed by atoms with E-state index >= 15 is 0 Å². The molecule has 2 unspecified atom stereocenters. The number of hydrogen-bond donors (Lipinski definition) is 2. The van der Waals surface area contributed by atoms with E-state index < -0.39 is 23.5 Å². The van der Waals surface area contributed by atoms with Crippen molar-refractivity contribution in [2.75, 3.05) is 13.2 Å².